The van der Waals surface area contributed by atoms with E-state index in [2.05, 4.69) is 28.2 Å². The lowest BCUT2D eigenvalue weighted by Gasteiger charge is -2.57. The Kier molecular flexibility index (Phi) is 5.90. The zero-order valence-electron chi connectivity index (χ0n) is 22.2. The lowest BCUT2D eigenvalue weighted by Crippen LogP contribution is -2.73. The molecule has 2 aromatic carbocycles. The zero-order chi connectivity index (χ0) is 26.5. The number of benzene rings is 2. The first kappa shape index (κ1) is 24.5. The van der Waals surface area contributed by atoms with Gasteiger partial charge >= 0.3 is 0 Å². The van der Waals surface area contributed by atoms with Gasteiger partial charge in [-0.2, -0.15) is 5.10 Å². The van der Waals surface area contributed by atoms with Crippen molar-refractivity contribution in [3.63, 3.8) is 0 Å². The van der Waals surface area contributed by atoms with Gasteiger partial charge in [-0.25, -0.2) is 9.37 Å². The second kappa shape index (κ2) is 9.16. The Balaban J connectivity index is 1.42. The molecule has 3 aromatic rings. The molecular weight excluding hydrogens is 483 g/mol. The zero-order valence-corrected chi connectivity index (χ0v) is 22.2. The Morgan fingerprint density at radius 1 is 1.16 bits per heavy atom. The van der Waals surface area contributed by atoms with Gasteiger partial charge in [0.1, 0.15) is 11.6 Å². The molecule has 3 aliphatic rings. The smallest absolute Gasteiger partial charge is 0.192 e. The summed E-state index contributed by atoms with van der Waals surface area (Å²) < 4.78 is 28.5. The van der Waals surface area contributed by atoms with Gasteiger partial charge in [0, 0.05) is 26.3 Å². The highest BCUT2D eigenvalue weighted by Crippen LogP contribution is 2.41. The third-order valence-electron chi connectivity index (χ3n) is 7.58. The van der Waals surface area contributed by atoms with Crippen LogP contribution in [0, 0.1) is 12.7 Å². The molecule has 0 bridgehead atoms. The molecule has 8 nitrogen and oxygen atoms in total. The fourth-order valence-corrected chi connectivity index (χ4v) is 5.59. The van der Waals surface area contributed by atoms with Gasteiger partial charge in [0.25, 0.3) is 0 Å². The molecule has 9 heteroatoms. The summed E-state index contributed by atoms with van der Waals surface area (Å²) >= 11 is 0. The molecule has 198 valence electrons. The average Bonchev–Trinajstić information content (AvgIpc) is 3.30. The average molecular weight is 517 g/mol. The van der Waals surface area contributed by atoms with Crippen LogP contribution in [0.4, 0.5) is 4.39 Å². The molecule has 3 aliphatic heterocycles. The summed E-state index contributed by atoms with van der Waals surface area (Å²) in [5.74, 6) is 2.02. The lowest BCUT2D eigenvalue weighted by atomic mass is 9.84. The van der Waals surface area contributed by atoms with Gasteiger partial charge in [-0.1, -0.05) is 18.2 Å². The van der Waals surface area contributed by atoms with E-state index < -0.39 is 5.54 Å². The highest BCUT2D eigenvalue weighted by molar-refractivity contribution is 6.02. The van der Waals surface area contributed by atoms with Gasteiger partial charge in [0.15, 0.2) is 17.2 Å². The van der Waals surface area contributed by atoms with Crippen LogP contribution in [0.25, 0.3) is 11.8 Å². The summed E-state index contributed by atoms with van der Waals surface area (Å²) in [6.45, 7) is 9.57. The quantitative estimate of drug-likeness (QED) is 0.555. The summed E-state index contributed by atoms with van der Waals surface area (Å²) in [4.78, 5) is 6.70. The first-order chi connectivity index (χ1) is 18.3. The number of nitrogens with one attached hydrogen (secondary N) is 1. The standard InChI is InChI=1S/C29H33FN6O2/c1-5-37-25-12-21(6-11-24(25)35-14-20(2)32-19-35)13-26-27-33-34(4)17-28(3,22-7-9-23(30)10-8-22)36(27)18-29(38-26)15-31-16-29/h6-14,19,31H,5,15-18H2,1-4H3/b26-13-. The van der Waals surface area contributed by atoms with E-state index >= 15 is 0 Å². The largest absolute Gasteiger partial charge is 0.492 e. The topological polar surface area (TPSA) is 67.2 Å². The van der Waals surface area contributed by atoms with Crippen LogP contribution in [-0.2, 0) is 10.3 Å². The van der Waals surface area contributed by atoms with Crippen LogP contribution in [0.3, 0.4) is 0 Å². The van der Waals surface area contributed by atoms with E-state index in [0.29, 0.717) is 25.5 Å². The van der Waals surface area contributed by atoms with Crippen LogP contribution >= 0.6 is 0 Å². The predicted octanol–water partition coefficient (Wildman–Crippen LogP) is 3.91. The Morgan fingerprint density at radius 3 is 2.61 bits per heavy atom. The van der Waals surface area contributed by atoms with Gasteiger partial charge in [-0.3, -0.25) is 5.01 Å². The van der Waals surface area contributed by atoms with Crippen molar-refractivity contribution in [3.8, 4) is 11.4 Å². The van der Waals surface area contributed by atoms with Crippen molar-refractivity contribution in [1.82, 2.24) is 24.8 Å². The maximum atomic E-state index is 13.8. The molecule has 1 spiro atoms. The van der Waals surface area contributed by atoms with Gasteiger partial charge in [0.05, 0.1) is 42.9 Å². The van der Waals surface area contributed by atoms with E-state index in [1.54, 1.807) is 6.33 Å². The molecule has 0 radical (unpaired) electrons. The van der Waals surface area contributed by atoms with Crippen molar-refractivity contribution in [1.29, 1.82) is 0 Å². The Morgan fingerprint density at radius 2 is 1.95 bits per heavy atom. The predicted molar refractivity (Wildman–Crippen MR) is 145 cm³/mol. The van der Waals surface area contributed by atoms with Gasteiger partial charge < -0.3 is 24.3 Å². The van der Waals surface area contributed by atoms with Crippen molar-refractivity contribution < 1.29 is 13.9 Å². The number of ether oxygens (including phenoxy) is 2. The molecule has 1 N–H and O–H groups in total. The van der Waals surface area contributed by atoms with Gasteiger partial charge in [0.2, 0.25) is 0 Å². The van der Waals surface area contributed by atoms with E-state index in [0.717, 1.165) is 47.2 Å². The number of likely N-dealkylation sites (N-methyl/N-ethyl adjacent to an activating group) is 1. The third-order valence-corrected chi connectivity index (χ3v) is 7.58. The number of morpholine rings is 1. The Labute approximate surface area is 222 Å². The lowest BCUT2D eigenvalue weighted by molar-refractivity contribution is -0.0880. The Bertz CT molecular complexity index is 1410. The minimum atomic E-state index is -0.412. The highest BCUT2D eigenvalue weighted by atomic mass is 19.1. The highest BCUT2D eigenvalue weighted by Gasteiger charge is 2.53. The molecule has 2 saturated heterocycles. The molecule has 1 unspecified atom stereocenters. The number of imidazole rings is 1. The SMILES string of the molecule is CCOc1cc(/C=C2\OC3(CNC3)CN3C2=NN(C)CC3(C)c2ccc(F)cc2)ccc1-n1cnc(C)c1. The van der Waals surface area contributed by atoms with E-state index in [-0.39, 0.29) is 11.4 Å². The molecular formula is C29H33FN6O2. The van der Waals surface area contributed by atoms with Gasteiger partial charge in [-0.15, -0.1) is 0 Å². The summed E-state index contributed by atoms with van der Waals surface area (Å²) in [5, 5.41) is 10.2. The maximum absolute atomic E-state index is 13.8. The molecule has 0 saturated carbocycles. The van der Waals surface area contributed by atoms with Gasteiger partial charge in [-0.05, 0) is 62.2 Å². The molecule has 1 aromatic heterocycles. The van der Waals surface area contributed by atoms with Crippen molar-refractivity contribution in [3.05, 3.63) is 83.4 Å². The molecule has 4 heterocycles. The van der Waals surface area contributed by atoms with Crippen molar-refractivity contribution in [2.45, 2.75) is 31.9 Å². The number of aromatic nitrogens is 2. The molecule has 6 rings (SSSR count). The minimum Gasteiger partial charge on any atom is -0.492 e. The van der Waals surface area contributed by atoms with E-state index in [1.807, 2.05) is 67.0 Å². The second-order valence-corrected chi connectivity index (χ2v) is 10.6. The number of nitrogens with zero attached hydrogens (tertiary/aromatic N) is 5. The van der Waals surface area contributed by atoms with Crippen LogP contribution in [-0.4, -0.2) is 70.7 Å². The van der Waals surface area contributed by atoms with Crippen LogP contribution in [0.1, 0.15) is 30.7 Å². The number of halogens is 1. The van der Waals surface area contributed by atoms with Crippen LogP contribution in [0.5, 0.6) is 5.75 Å². The summed E-state index contributed by atoms with van der Waals surface area (Å²) in [7, 11) is 1.97. The second-order valence-electron chi connectivity index (χ2n) is 10.6. The Hall–Kier alpha value is -3.85. The van der Waals surface area contributed by atoms with E-state index in [9.17, 15) is 4.39 Å². The minimum absolute atomic E-state index is 0.239. The van der Waals surface area contributed by atoms with E-state index in [1.165, 1.54) is 12.1 Å². The number of hydrogen-bond donors (Lipinski definition) is 1. The van der Waals surface area contributed by atoms with Crippen LogP contribution in [0.2, 0.25) is 0 Å². The number of hydrazone groups is 1. The van der Waals surface area contributed by atoms with Crippen molar-refractivity contribution in [2.24, 2.45) is 5.10 Å². The molecule has 38 heavy (non-hydrogen) atoms. The summed E-state index contributed by atoms with van der Waals surface area (Å²) in [5.41, 5.74) is 3.11. The monoisotopic (exact) mass is 516 g/mol. The normalized spacial score (nSPS) is 23.1. The third kappa shape index (κ3) is 4.20. The molecule has 0 amide bonds. The number of aryl methyl sites for hydroxylation is 1. The fraction of sp³-hybridized carbons (Fsp3) is 0.379. The molecule has 2 fully saturated rings. The number of amidine groups is 1. The van der Waals surface area contributed by atoms with Crippen molar-refractivity contribution in [2.75, 3.05) is 39.8 Å². The number of hydrogen-bond acceptors (Lipinski definition) is 7. The summed E-state index contributed by atoms with van der Waals surface area (Å²) in [6.07, 6.45) is 5.82. The van der Waals surface area contributed by atoms with E-state index in [4.69, 9.17) is 14.6 Å². The van der Waals surface area contributed by atoms with Crippen LogP contribution < -0.4 is 10.1 Å². The van der Waals surface area contributed by atoms with Crippen LogP contribution in [0.15, 0.2) is 65.8 Å². The number of fused-ring (bicyclic) bond motifs is 1. The number of rotatable bonds is 5. The first-order valence-electron chi connectivity index (χ1n) is 13.0. The molecule has 0 aliphatic carbocycles. The maximum Gasteiger partial charge on any atom is 0.192 e. The molecule has 1 atom stereocenters. The summed E-state index contributed by atoms with van der Waals surface area (Å²) in [6, 6.07) is 12.9. The fourth-order valence-electron chi connectivity index (χ4n) is 5.59. The van der Waals surface area contributed by atoms with Crippen molar-refractivity contribution >= 4 is 11.9 Å². The first-order valence-corrected chi connectivity index (χ1v) is 13.0.